The zero-order valence-electron chi connectivity index (χ0n) is 6.22. The maximum Gasteiger partial charge on any atom is 0.319 e. The normalized spacial score (nSPS) is 30.2. The van der Waals surface area contributed by atoms with Crippen LogP contribution in [0.2, 0.25) is 0 Å². The van der Waals surface area contributed by atoms with Crippen LogP contribution in [0.1, 0.15) is 13.3 Å². The topological polar surface area (TPSA) is 43.4 Å². The van der Waals surface area contributed by atoms with E-state index in [1.807, 2.05) is 0 Å². The van der Waals surface area contributed by atoms with Gasteiger partial charge in [-0.2, -0.15) is 0 Å². The second kappa shape index (κ2) is 2.93. The monoisotopic (exact) mass is 220 g/mol. The molecule has 1 aliphatic heterocycles. The van der Waals surface area contributed by atoms with Gasteiger partial charge in [-0.05, 0) is 6.92 Å². The molecule has 1 saturated heterocycles. The Morgan fingerprint density at radius 1 is 1.82 bits per heavy atom. The Kier molecular flexibility index (Phi) is 2.32. The fourth-order valence-corrected chi connectivity index (χ4v) is 1.63. The Balaban J connectivity index is 2.80. The van der Waals surface area contributed by atoms with Gasteiger partial charge in [0.2, 0.25) is 0 Å². The highest BCUT2D eigenvalue weighted by Gasteiger charge is 2.45. The molecule has 0 radical (unpaired) electrons. The van der Waals surface area contributed by atoms with Gasteiger partial charge in [-0.25, -0.2) is 0 Å². The first-order chi connectivity index (χ1) is 5.11. The summed E-state index contributed by atoms with van der Waals surface area (Å²) in [5, 5.41) is 0.221. The molecule has 1 aliphatic rings. The van der Waals surface area contributed by atoms with Crippen molar-refractivity contribution in [3.8, 4) is 0 Å². The molecule has 4 heteroatoms. The summed E-state index contributed by atoms with van der Waals surface area (Å²) < 4.78 is 4.71. The van der Waals surface area contributed by atoms with Crippen molar-refractivity contribution in [1.29, 1.82) is 0 Å². The molecule has 0 amide bonds. The molecular formula is C7H9BrO3. The maximum atomic E-state index is 11.2. The predicted molar refractivity (Wildman–Crippen MR) is 42.5 cm³/mol. The molecule has 1 rings (SSSR count). The van der Waals surface area contributed by atoms with E-state index in [4.69, 9.17) is 4.74 Å². The van der Waals surface area contributed by atoms with E-state index < -0.39 is 5.41 Å². The Hall–Kier alpha value is -0.380. The highest BCUT2D eigenvalue weighted by molar-refractivity contribution is 9.09. The van der Waals surface area contributed by atoms with Crippen molar-refractivity contribution in [1.82, 2.24) is 0 Å². The Labute approximate surface area is 73.2 Å². The number of hydrogen-bond donors (Lipinski definition) is 0. The van der Waals surface area contributed by atoms with Crippen LogP contribution in [0.4, 0.5) is 0 Å². The van der Waals surface area contributed by atoms with Crippen molar-refractivity contribution in [2.24, 2.45) is 5.41 Å². The number of hydrogen-bond acceptors (Lipinski definition) is 3. The molecule has 3 nitrogen and oxygen atoms in total. The first kappa shape index (κ1) is 8.71. The van der Waals surface area contributed by atoms with Gasteiger partial charge in [0.05, 0.1) is 11.9 Å². The third kappa shape index (κ3) is 1.31. The summed E-state index contributed by atoms with van der Waals surface area (Å²) in [5.41, 5.74) is -0.885. The van der Waals surface area contributed by atoms with Crippen molar-refractivity contribution in [3.05, 3.63) is 0 Å². The summed E-state index contributed by atoms with van der Waals surface area (Å²) in [5.74, 6) is -0.484. The minimum absolute atomic E-state index is 0.0972. The van der Waals surface area contributed by atoms with Crippen molar-refractivity contribution >= 4 is 27.7 Å². The minimum Gasteiger partial charge on any atom is -0.465 e. The van der Waals surface area contributed by atoms with Crippen LogP contribution in [0, 0.1) is 5.41 Å². The van der Waals surface area contributed by atoms with Gasteiger partial charge in [-0.3, -0.25) is 9.59 Å². The van der Waals surface area contributed by atoms with Gasteiger partial charge >= 0.3 is 5.97 Å². The van der Waals surface area contributed by atoms with Gasteiger partial charge in [0, 0.05) is 6.42 Å². The fourth-order valence-electron chi connectivity index (χ4n) is 1.01. The number of ketones is 1. The standard InChI is InChI=1S/C7H9BrO3/c1-7(5(9)4-8)2-3-11-6(7)10/h2-4H2,1H3. The minimum atomic E-state index is -0.885. The molecule has 0 aromatic rings. The Morgan fingerprint density at radius 3 is 2.82 bits per heavy atom. The van der Waals surface area contributed by atoms with Crippen molar-refractivity contribution in [3.63, 3.8) is 0 Å². The number of carbonyl (C=O) groups excluding carboxylic acids is 2. The molecule has 0 aromatic heterocycles. The quantitative estimate of drug-likeness (QED) is 0.395. The van der Waals surface area contributed by atoms with Crippen molar-refractivity contribution < 1.29 is 14.3 Å². The fraction of sp³-hybridized carbons (Fsp3) is 0.714. The van der Waals surface area contributed by atoms with Gasteiger partial charge < -0.3 is 4.74 Å². The van der Waals surface area contributed by atoms with Crippen LogP contribution in [0.25, 0.3) is 0 Å². The summed E-state index contributed by atoms with van der Waals surface area (Å²) >= 11 is 3.03. The van der Waals surface area contributed by atoms with Crippen LogP contribution < -0.4 is 0 Å². The van der Waals surface area contributed by atoms with E-state index in [2.05, 4.69) is 15.9 Å². The number of alkyl halides is 1. The average Bonchev–Trinajstić information content (AvgIpc) is 2.32. The zero-order chi connectivity index (χ0) is 8.48. The number of halogens is 1. The van der Waals surface area contributed by atoms with E-state index in [0.29, 0.717) is 13.0 Å². The highest BCUT2D eigenvalue weighted by atomic mass is 79.9. The second-order valence-corrected chi connectivity index (χ2v) is 3.34. The van der Waals surface area contributed by atoms with Gasteiger partial charge in [-0.1, -0.05) is 15.9 Å². The van der Waals surface area contributed by atoms with Crippen LogP contribution in [0.5, 0.6) is 0 Å². The smallest absolute Gasteiger partial charge is 0.319 e. The summed E-state index contributed by atoms with van der Waals surface area (Å²) in [6.07, 6.45) is 0.510. The molecule has 0 aliphatic carbocycles. The molecule has 1 heterocycles. The third-order valence-electron chi connectivity index (χ3n) is 2.02. The maximum absolute atomic E-state index is 11.2. The summed E-state index contributed by atoms with van der Waals surface area (Å²) in [6.45, 7) is 2.00. The van der Waals surface area contributed by atoms with Crippen LogP contribution in [0.3, 0.4) is 0 Å². The van der Waals surface area contributed by atoms with Gasteiger partial charge in [0.25, 0.3) is 0 Å². The van der Waals surface area contributed by atoms with Crippen LogP contribution in [-0.4, -0.2) is 23.7 Å². The first-order valence-electron chi connectivity index (χ1n) is 3.38. The first-order valence-corrected chi connectivity index (χ1v) is 4.50. The van der Waals surface area contributed by atoms with Crippen molar-refractivity contribution in [2.75, 3.05) is 11.9 Å². The van der Waals surface area contributed by atoms with Gasteiger partial charge in [0.1, 0.15) is 5.41 Å². The molecule has 0 bridgehead atoms. The Morgan fingerprint density at radius 2 is 2.45 bits per heavy atom. The lowest BCUT2D eigenvalue weighted by Crippen LogP contribution is -2.33. The molecule has 0 N–H and O–H groups in total. The number of rotatable bonds is 2. The average molecular weight is 221 g/mol. The van der Waals surface area contributed by atoms with Crippen LogP contribution in [0.15, 0.2) is 0 Å². The highest BCUT2D eigenvalue weighted by Crippen LogP contribution is 2.30. The lowest BCUT2D eigenvalue weighted by Gasteiger charge is -2.14. The number of carbonyl (C=O) groups is 2. The van der Waals surface area contributed by atoms with E-state index in [0.717, 1.165) is 0 Å². The molecular weight excluding hydrogens is 212 g/mol. The summed E-state index contributed by atoms with van der Waals surface area (Å²) in [6, 6.07) is 0. The molecule has 0 saturated carbocycles. The summed E-state index contributed by atoms with van der Waals surface area (Å²) in [4.78, 5) is 22.2. The van der Waals surface area contributed by atoms with E-state index in [9.17, 15) is 9.59 Å². The van der Waals surface area contributed by atoms with Crippen LogP contribution in [-0.2, 0) is 14.3 Å². The molecule has 1 fully saturated rings. The second-order valence-electron chi connectivity index (χ2n) is 2.77. The van der Waals surface area contributed by atoms with E-state index >= 15 is 0 Å². The number of esters is 1. The molecule has 1 unspecified atom stereocenters. The largest absolute Gasteiger partial charge is 0.465 e. The number of cyclic esters (lactones) is 1. The van der Waals surface area contributed by atoms with Crippen LogP contribution >= 0.6 is 15.9 Å². The lowest BCUT2D eigenvalue weighted by molar-refractivity contribution is -0.149. The molecule has 62 valence electrons. The summed E-state index contributed by atoms with van der Waals surface area (Å²) in [7, 11) is 0. The molecule has 0 aromatic carbocycles. The number of Topliss-reactive ketones (excluding diaryl/α,β-unsaturated/α-hetero) is 1. The van der Waals surface area contributed by atoms with Gasteiger partial charge in [-0.15, -0.1) is 0 Å². The predicted octanol–water partition coefficient (Wildman–Crippen LogP) is 0.904. The third-order valence-corrected chi connectivity index (χ3v) is 2.53. The van der Waals surface area contributed by atoms with E-state index in [-0.39, 0.29) is 17.1 Å². The lowest BCUT2D eigenvalue weighted by atomic mass is 9.85. The Bertz CT molecular complexity index is 202. The van der Waals surface area contributed by atoms with Crippen molar-refractivity contribution in [2.45, 2.75) is 13.3 Å². The number of ether oxygens (including phenoxy) is 1. The molecule has 0 spiro atoms. The van der Waals surface area contributed by atoms with E-state index in [1.165, 1.54) is 0 Å². The van der Waals surface area contributed by atoms with Gasteiger partial charge in [0.15, 0.2) is 5.78 Å². The molecule has 1 atom stereocenters. The van der Waals surface area contributed by atoms with E-state index in [1.54, 1.807) is 6.92 Å². The zero-order valence-corrected chi connectivity index (χ0v) is 7.81. The molecule has 11 heavy (non-hydrogen) atoms. The SMILES string of the molecule is CC1(C(=O)CBr)CCOC1=O.